The number of amides is 1. The van der Waals surface area contributed by atoms with E-state index in [4.69, 9.17) is 16.3 Å². The molecule has 7 nitrogen and oxygen atoms in total. The predicted octanol–water partition coefficient (Wildman–Crippen LogP) is 4.92. The third-order valence-electron chi connectivity index (χ3n) is 5.44. The number of aromatic nitrogens is 4. The number of likely N-dealkylation sites (tertiary alicyclic amines) is 1. The minimum absolute atomic E-state index is 0.237. The number of fused-ring (bicyclic) bond motifs is 1. The number of hydrogen-bond donors (Lipinski definition) is 0. The lowest BCUT2D eigenvalue weighted by Gasteiger charge is -2.26. The van der Waals surface area contributed by atoms with Gasteiger partial charge in [-0.15, -0.1) is 0 Å². The zero-order valence-electron chi connectivity index (χ0n) is 17.9. The van der Waals surface area contributed by atoms with Crippen molar-refractivity contribution in [3.63, 3.8) is 0 Å². The van der Waals surface area contributed by atoms with E-state index in [1.165, 1.54) is 0 Å². The molecule has 8 heteroatoms. The quantitative estimate of drug-likeness (QED) is 0.580. The summed E-state index contributed by atoms with van der Waals surface area (Å²) in [6.07, 6.45) is 8.07. The first kappa shape index (κ1) is 20.7. The first-order chi connectivity index (χ1) is 14.2. The normalized spacial score (nSPS) is 17.9. The molecule has 160 valence electrons. The monoisotopic (exact) mass is 429 g/mol. The summed E-state index contributed by atoms with van der Waals surface area (Å²) in [5.41, 5.74) is 2.55. The summed E-state index contributed by atoms with van der Waals surface area (Å²) >= 11 is 6.68. The van der Waals surface area contributed by atoms with E-state index < -0.39 is 5.60 Å². The zero-order valence-corrected chi connectivity index (χ0v) is 18.7. The van der Waals surface area contributed by atoms with Crippen LogP contribution < -0.4 is 0 Å². The van der Waals surface area contributed by atoms with Gasteiger partial charge in [0, 0.05) is 30.5 Å². The van der Waals surface area contributed by atoms with Crippen LogP contribution in [0.15, 0.2) is 30.7 Å². The van der Waals surface area contributed by atoms with Crippen LogP contribution in [-0.4, -0.2) is 49.2 Å². The molecule has 0 radical (unpaired) electrons. The van der Waals surface area contributed by atoms with Gasteiger partial charge in [0.15, 0.2) is 0 Å². The second-order valence-corrected chi connectivity index (χ2v) is 9.36. The number of benzene rings is 1. The second-order valence-electron chi connectivity index (χ2n) is 8.96. The summed E-state index contributed by atoms with van der Waals surface area (Å²) in [5.74, 6) is 0.284. The molecule has 0 bridgehead atoms. The molecule has 1 aliphatic heterocycles. The molecule has 3 heterocycles. The molecule has 1 amide bonds. The summed E-state index contributed by atoms with van der Waals surface area (Å²) in [7, 11) is 1.89. The van der Waals surface area contributed by atoms with E-state index in [0.29, 0.717) is 13.1 Å². The zero-order chi connectivity index (χ0) is 21.5. The van der Waals surface area contributed by atoms with Crippen LogP contribution in [0.25, 0.3) is 16.6 Å². The van der Waals surface area contributed by atoms with Crippen molar-refractivity contribution in [2.45, 2.75) is 51.6 Å². The van der Waals surface area contributed by atoms with Gasteiger partial charge in [-0.05, 0) is 63.6 Å². The standard InChI is InChI=1S/C22H28ClN5O2/c1-22(2,3)30-21(29)27-8-5-6-15(7-9-27)18-11-20-16(10-19(18)23)12-25-28(20)17-13-24-26(4)14-17/h10-15H,5-9H2,1-4H3. The molecular formula is C22H28ClN5O2. The maximum Gasteiger partial charge on any atom is 0.410 e. The highest BCUT2D eigenvalue weighted by atomic mass is 35.5. The molecule has 0 N–H and O–H groups in total. The fourth-order valence-corrected chi connectivity index (χ4v) is 4.34. The number of aryl methyl sites for hydroxylation is 1. The van der Waals surface area contributed by atoms with Crippen LogP contribution in [0.3, 0.4) is 0 Å². The summed E-state index contributed by atoms with van der Waals surface area (Å²) < 4.78 is 9.21. The van der Waals surface area contributed by atoms with E-state index in [0.717, 1.165) is 46.4 Å². The van der Waals surface area contributed by atoms with E-state index >= 15 is 0 Å². The maximum atomic E-state index is 12.5. The first-order valence-electron chi connectivity index (χ1n) is 10.4. The molecular weight excluding hydrogens is 402 g/mol. The molecule has 0 saturated carbocycles. The molecule has 0 aliphatic carbocycles. The number of rotatable bonds is 2. The SMILES string of the molecule is Cn1cc(-n2ncc3cc(Cl)c(C4CCCN(C(=O)OC(C)(C)C)CC4)cc32)cn1. The Labute approximate surface area is 181 Å². The number of carbonyl (C=O) groups is 1. The van der Waals surface area contributed by atoms with Crippen LogP contribution in [0.1, 0.15) is 51.5 Å². The van der Waals surface area contributed by atoms with Crippen molar-refractivity contribution in [3.8, 4) is 5.69 Å². The minimum Gasteiger partial charge on any atom is -0.444 e. The van der Waals surface area contributed by atoms with E-state index in [1.54, 1.807) is 10.9 Å². The summed E-state index contributed by atoms with van der Waals surface area (Å²) in [6, 6.07) is 4.13. The van der Waals surface area contributed by atoms with E-state index in [-0.39, 0.29) is 12.0 Å². The lowest BCUT2D eigenvalue weighted by Crippen LogP contribution is -2.37. The molecule has 3 aromatic rings. The highest BCUT2D eigenvalue weighted by molar-refractivity contribution is 6.32. The Morgan fingerprint density at radius 1 is 1.17 bits per heavy atom. The molecule has 1 saturated heterocycles. The lowest BCUT2D eigenvalue weighted by molar-refractivity contribution is 0.0256. The van der Waals surface area contributed by atoms with Gasteiger partial charge in [-0.25, -0.2) is 9.48 Å². The Bertz CT molecular complexity index is 1070. The van der Waals surface area contributed by atoms with Crippen LogP contribution in [0, 0.1) is 0 Å². The Kier molecular flexibility index (Phi) is 5.49. The van der Waals surface area contributed by atoms with Crippen LogP contribution in [0.2, 0.25) is 5.02 Å². The van der Waals surface area contributed by atoms with Crippen molar-refractivity contribution >= 4 is 28.6 Å². The third kappa shape index (κ3) is 4.31. The molecule has 2 aromatic heterocycles. The molecule has 1 fully saturated rings. The molecule has 1 aliphatic rings. The van der Waals surface area contributed by atoms with Gasteiger partial charge < -0.3 is 9.64 Å². The van der Waals surface area contributed by atoms with Gasteiger partial charge in [0.25, 0.3) is 0 Å². The number of ether oxygens (including phenoxy) is 1. The van der Waals surface area contributed by atoms with Crippen molar-refractivity contribution in [2.24, 2.45) is 7.05 Å². The average Bonchev–Trinajstić information content (AvgIpc) is 3.17. The van der Waals surface area contributed by atoms with Crippen LogP contribution in [0.5, 0.6) is 0 Å². The average molecular weight is 430 g/mol. The van der Waals surface area contributed by atoms with Gasteiger partial charge in [-0.1, -0.05) is 11.6 Å². The molecule has 4 rings (SSSR count). The largest absolute Gasteiger partial charge is 0.444 e. The Hall–Kier alpha value is -2.54. The van der Waals surface area contributed by atoms with Gasteiger partial charge in [-0.2, -0.15) is 10.2 Å². The minimum atomic E-state index is -0.484. The molecule has 0 spiro atoms. The molecule has 30 heavy (non-hydrogen) atoms. The Morgan fingerprint density at radius 3 is 2.67 bits per heavy atom. The van der Waals surface area contributed by atoms with Crippen molar-refractivity contribution < 1.29 is 9.53 Å². The van der Waals surface area contributed by atoms with Crippen molar-refractivity contribution in [1.82, 2.24) is 24.5 Å². The smallest absolute Gasteiger partial charge is 0.410 e. The van der Waals surface area contributed by atoms with E-state index in [9.17, 15) is 4.79 Å². The van der Waals surface area contributed by atoms with Gasteiger partial charge in [-0.3, -0.25) is 4.68 Å². The fraction of sp³-hybridized carbons (Fsp3) is 0.500. The maximum absolute atomic E-state index is 12.5. The van der Waals surface area contributed by atoms with E-state index in [2.05, 4.69) is 16.3 Å². The predicted molar refractivity (Wildman–Crippen MR) is 117 cm³/mol. The van der Waals surface area contributed by atoms with Gasteiger partial charge in [0.2, 0.25) is 0 Å². The highest BCUT2D eigenvalue weighted by Gasteiger charge is 2.27. The van der Waals surface area contributed by atoms with Gasteiger partial charge in [0.05, 0.1) is 24.1 Å². The topological polar surface area (TPSA) is 65.2 Å². The third-order valence-corrected chi connectivity index (χ3v) is 5.77. The van der Waals surface area contributed by atoms with E-state index in [1.807, 2.05) is 55.9 Å². The fourth-order valence-electron chi connectivity index (χ4n) is 4.02. The summed E-state index contributed by atoms with van der Waals surface area (Å²) in [4.78, 5) is 14.3. The molecule has 1 unspecified atom stereocenters. The Morgan fingerprint density at radius 2 is 1.97 bits per heavy atom. The second kappa shape index (κ2) is 7.95. The highest BCUT2D eigenvalue weighted by Crippen LogP contribution is 2.36. The van der Waals surface area contributed by atoms with Gasteiger partial charge in [0.1, 0.15) is 11.3 Å². The van der Waals surface area contributed by atoms with Crippen LogP contribution in [-0.2, 0) is 11.8 Å². The van der Waals surface area contributed by atoms with Crippen molar-refractivity contribution in [1.29, 1.82) is 0 Å². The Balaban J connectivity index is 1.58. The van der Waals surface area contributed by atoms with Crippen molar-refractivity contribution in [3.05, 3.63) is 41.3 Å². The molecule has 1 aromatic carbocycles. The van der Waals surface area contributed by atoms with Crippen molar-refractivity contribution in [2.75, 3.05) is 13.1 Å². The summed E-state index contributed by atoms with van der Waals surface area (Å²) in [5, 5.41) is 10.5. The summed E-state index contributed by atoms with van der Waals surface area (Å²) in [6.45, 7) is 7.05. The van der Waals surface area contributed by atoms with Gasteiger partial charge >= 0.3 is 6.09 Å². The number of hydrogen-bond acceptors (Lipinski definition) is 4. The van der Waals surface area contributed by atoms with Crippen LogP contribution in [0.4, 0.5) is 4.79 Å². The lowest BCUT2D eigenvalue weighted by atomic mass is 9.91. The first-order valence-corrected chi connectivity index (χ1v) is 10.7. The number of halogens is 1. The molecule has 1 atom stereocenters. The number of carbonyl (C=O) groups excluding carboxylic acids is 1. The van der Waals surface area contributed by atoms with Crippen LogP contribution >= 0.6 is 11.6 Å². The number of nitrogens with zero attached hydrogens (tertiary/aromatic N) is 5.